The summed E-state index contributed by atoms with van der Waals surface area (Å²) >= 11 is 0. The van der Waals surface area contributed by atoms with Crippen molar-refractivity contribution in [3.8, 4) is 11.3 Å². The Morgan fingerprint density at radius 2 is 1.74 bits per heavy atom. The number of alkyl carbamates (subject to hydrolysis) is 1. The molecule has 0 aliphatic rings. The maximum absolute atomic E-state index is 12.6. The van der Waals surface area contributed by atoms with Crippen LogP contribution in [0.1, 0.15) is 37.7 Å². The van der Waals surface area contributed by atoms with Crippen molar-refractivity contribution in [2.24, 2.45) is 0 Å². The molecule has 0 saturated carbocycles. The monoisotopic (exact) mass is 384 g/mol. The fourth-order valence-corrected chi connectivity index (χ4v) is 2.08. The first-order chi connectivity index (χ1) is 12.5. The van der Waals surface area contributed by atoms with E-state index in [1.165, 1.54) is 12.3 Å². The van der Waals surface area contributed by atoms with E-state index in [0.717, 1.165) is 12.4 Å². The van der Waals surface area contributed by atoms with Crippen molar-refractivity contribution in [3.05, 3.63) is 41.6 Å². The Morgan fingerprint density at radius 1 is 1.11 bits per heavy atom. The normalized spacial score (nSPS) is 12.0. The molecule has 0 atom stereocenters. The number of hydrogen-bond acceptors (Lipinski definition) is 6. The second-order valence-corrected chi connectivity index (χ2v) is 6.64. The van der Waals surface area contributed by atoms with Crippen molar-refractivity contribution in [1.29, 1.82) is 0 Å². The highest BCUT2D eigenvalue weighted by molar-refractivity contribution is 5.68. The van der Waals surface area contributed by atoms with Crippen molar-refractivity contribution < 1.29 is 27.8 Å². The van der Waals surface area contributed by atoms with Gasteiger partial charge in [-0.15, -0.1) is 0 Å². The van der Waals surface area contributed by atoms with E-state index in [0.29, 0.717) is 16.8 Å². The second kappa shape index (κ2) is 7.87. The lowest BCUT2D eigenvalue weighted by atomic mass is 10.1. The fraction of sp³-hybridized carbons (Fsp3) is 0.412. The number of pyridine rings is 1. The van der Waals surface area contributed by atoms with Gasteiger partial charge in [0.2, 0.25) is 5.82 Å². The van der Waals surface area contributed by atoms with Crippen molar-refractivity contribution in [3.63, 3.8) is 0 Å². The van der Waals surface area contributed by atoms with Crippen molar-refractivity contribution in [2.75, 3.05) is 0 Å². The SMILES string of the molecule is CC(C)(C)OC(=O)NCc1cc(-c2cnc(C(F)(F)F)nc2)ncc1CO. The first kappa shape index (κ1) is 20.6. The van der Waals surface area contributed by atoms with E-state index in [1.54, 1.807) is 20.8 Å². The van der Waals surface area contributed by atoms with Crippen molar-refractivity contribution in [1.82, 2.24) is 20.3 Å². The van der Waals surface area contributed by atoms with Gasteiger partial charge in [0.15, 0.2) is 0 Å². The zero-order valence-corrected chi connectivity index (χ0v) is 15.0. The lowest BCUT2D eigenvalue weighted by Gasteiger charge is -2.20. The molecule has 0 saturated heterocycles. The molecule has 146 valence electrons. The largest absolute Gasteiger partial charge is 0.451 e. The van der Waals surface area contributed by atoms with Crippen LogP contribution in [-0.4, -0.2) is 31.8 Å². The van der Waals surface area contributed by atoms with Crippen LogP contribution in [-0.2, 0) is 24.1 Å². The molecule has 0 aromatic carbocycles. The van der Waals surface area contributed by atoms with Gasteiger partial charge >= 0.3 is 12.3 Å². The lowest BCUT2D eigenvalue weighted by molar-refractivity contribution is -0.145. The summed E-state index contributed by atoms with van der Waals surface area (Å²) < 4.78 is 42.8. The minimum Gasteiger partial charge on any atom is -0.444 e. The molecule has 0 radical (unpaired) electrons. The molecule has 0 aliphatic heterocycles. The van der Waals surface area contributed by atoms with E-state index in [-0.39, 0.29) is 18.7 Å². The number of halogens is 3. The maximum Gasteiger partial charge on any atom is 0.451 e. The van der Waals surface area contributed by atoms with Crippen LogP contribution >= 0.6 is 0 Å². The van der Waals surface area contributed by atoms with Crippen LogP contribution < -0.4 is 5.32 Å². The smallest absolute Gasteiger partial charge is 0.444 e. The molecule has 10 heteroatoms. The highest BCUT2D eigenvalue weighted by atomic mass is 19.4. The van der Waals surface area contributed by atoms with Crippen LogP contribution in [0, 0.1) is 0 Å². The molecule has 2 N–H and O–H groups in total. The Labute approximate surface area is 153 Å². The topological polar surface area (TPSA) is 97.2 Å². The summed E-state index contributed by atoms with van der Waals surface area (Å²) in [6.45, 7) is 4.90. The van der Waals surface area contributed by atoms with Crippen molar-refractivity contribution in [2.45, 2.75) is 45.7 Å². The van der Waals surface area contributed by atoms with Crippen LogP contribution in [0.2, 0.25) is 0 Å². The van der Waals surface area contributed by atoms with E-state index < -0.39 is 23.7 Å². The Kier molecular flexibility index (Phi) is 5.99. The van der Waals surface area contributed by atoms with Crippen LogP contribution in [0.15, 0.2) is 24.7 Å². The number of carbonyl (C=O) groups is 1. The van der Waals surface area contributed by atoms with Crippen LogP contribution in [0.3, 0.4) is 0 Å². The summed E-state index contributed by atoms with van der Waals surface area (Å²) in [6, 6.07) is 1.54. The van der Waals surface area contributed by atoms with E-state index in [2.05, 4.69) is 20.3 Å². The Morgan fingerprint density at radius 3 is 2.26 bits per heavy atom. The molecular formula is C17H19F3N4O3. The van der Waals surface area contributed by atoms with E-state index in [1.807, 2.05) is 0 Å². The van der Waals surface area contributed by atoms with Crippen LogP contribution in [0.4, 0.5) is 18.0 Å². The number of nitrogens with zero attached hydrogens (tertiary/aromatic N) is 3. The summed E-state index contributed by atoms with van der Waals surface area (Å²) in [5.74, 6) is -1.25. The molecule has 0 aliphatic carbocycles. The highest BCUT2D eigenvalue weighted by Crippen LogP contribution is 2.27. The molecule has 0 fully saturated rings. The minimum atomic E-state index is -4.63. The van der Waals surface area contributed by atoms with Gasteiger partial charge in [0.1, 0.15) is 5.60 Å². The van der Waals surface area contributed by atoms with Gasteiger partial charge in [-0.25, -0.2) is 14.8 Å². The van der Waals surface area contributed by atoms with E-state index in [4.69, 9.17) is 4.74 Å². The van der Waals surface area contributed by atoms with Gasteiger partial charge in [-0.3, -0.25) is 4.98 Å². The van der Waals surface area contributed by atoms with Gasteiger partial charge in [-0.2, -0.15) is 13.2 Å². The third kappa shape index (κ3) is 5.88. The summed E-state index contributed by atoms with van der Waals surface area (Å²) in [5, 5.41) is 12.0. The molecular weight excluding hydrogens is 365 g/mol. The lowest BCUT2D eigenvalue weighted by Crippen LogP contribution is -2.32. The number of alkyl halides is 3. The summed E-state index contributed by atoms with van der Waals surface area (Å²) in [6.07, 6.45) is -1.86. The summed E-state index contributed by atoms with van der Waals surface area (Å²) in [5.41, 5.74) is 0.911. The standard InChI is InChI=1S/C17H19F3N4O3/c1-16(2,3)27-15(26)24-5-10-4-13(21-8-12(10)9-25)11-6-22-14(23-7-11)17(18,19)20/h4,6-8,25H,5,9H2,1-3H3,(H,24,26). The number of aliphatic hydroxyl groups excluding tert-OH is 1. The average Bonchev–Trinajstić information content (AvgIpc) is 2.57. The third-order valence-corrected chi connectivity index (χ3v) is 3.28. The highest BCUT2D eigenvalue weighted by Gasteiger charge is 2.34. The molecule has 27 heavy (non-hydrogen) atoms. The number of nitrogens with one attached hydrogen (secondary N) is 1. The molecule has 2 aromatic heterocycles. The zero-order chi connectivity index (χ0) is 20.2. The number of rotatable bonds is 4. The zero-order valence-electron chi connectivity index (χ0n) is 15.0. The molecule has 0 unspecified atom stereocenters. The Hall–Kier alpha value is -2.75. The van der Waals surface area contributed by atoms with Gasteiger partial charge in [0.05, 0.1) is 12.3 Å². The summed E-state index contributed by atoms with van der Waals surface area (Å²) in [7, 11) is 0. The Balaban J connectivity index is 2.20. The van der Waals surface area contributed by atoms with Crippen molar-refractivity contribution >= 4 is 6.09 Å². The predicted molar refractivity (Wildman–Crippen MR) is 89.3 cm³/mol. The average molecular weight is 384 g/mol. The van der Waals surface area contributed by atoms with Gasteiger partial charge in [-0.1, -0.05) is 0 Å². The molecule has 0 spiro atoms. The molecule has 1 amide bonds. The quantitative estimate of drug-likeness (QED) is 0.841. The molecule has 7 nitrogen and oxygen atoms in total. The number of aliphatic hydroxyl groups is 1. The van der Waals surface area contributed by atoms with E-state index in [9.17, 15) is 23.1 Å². The van der Waals surface area contributed by atoms with Crippen LogP contribution in [0.5, 0.6) is 0 Å². The molecule has 2 heterocycles. The number of amides is 1. The number of ether oxygens (including phenoxy) is 1. The third-order valence-electron chi connectivity index (χ3n) is 3.28. The first-order valence-corrected chi connectivity index (χ1v) is 7.94. The molecule has 2 rings (SSSR count). The van der Waals surface area contributed by atoms with Gasteiger partial charge in [0.25, 0.3) is 0 Å². The maximum atomic E-state index is 12.6. The second-order valence-electron chi connectivity index (χ2n) is 6.64. The molecule has 0 bridgehead atoms. The minimum absolute atomic E-state index is 0.0435. The van der Waals surface area contributed by atoms with Gasteiger partial charge in [0, 0.05) is 36.3 Å². The molecule has 2 aromatic rings. The Bertz CT molecular complexity index is 803. The number of hydrogen-bond donors (Lipinski definition) is 2. The summed E-state index contributed by atoms with van der Waals surface area (Å²) in [4.78, 5) is 22.5. The number of carbonyl (C=O) groups excluding carboxylic acids is 1. The van der Waals surface area contributed by atoms with E-state index >= 15 is 0 Å². The number of aromatic nitrogens is 3. The first-order valence-electron chi connectivity index (χ1n) is 7.94. The van der Waals surface area contributed by atoms with Crippen LogP contribution in [0.25, 0.3) is 11.3 Å². The fourth-order valence-electron chi connectivity index (χ4n) is 2.08. The predicted octanol–water partition coefficient (Wildman–Crippen LogP) is 3.07. The van der Waals surface area contributed by atoms with Gasteiger partial charge in [-0.05, 0) is 32.4 Å². The van der Waals surface area contributed by atoms with Gasteiger partial charge < -0.3 is 15.2 Å².